The number of hydrogen-bond acceptors (Lipinski definition) is 2. The fraction of sp³-hybridized carbons (Fsp3) is 0.846. The SMILES string of the molecule is C[N+](C)(CCCS(=O)(=O)O)CC1C[C@@H]2C=C[C@H]1C2. The molecule has 0 aromatic rings. The lowest BCUT2D eigenvalue weighted by atomic mass is 9.92. The van der Waals surface area contributed by atoms with Crippen molar-refractivity contribution in [3.8, 4) is 0 Å². The molecule has 1 N–H and O–H groups in total. The van der Waals surface area contributed by atoms with Crippen LogP contribution in [-0.2, 0) is 10.1 Å². The first kappa shape index (κ1) is 14.0. The van der Waals surface area contributed by atoms with Gasteiger partial charge in [-0.15, -0.1) is 0 Å². The highest BCUT2D eigenvalue weighted by atomic mass is 32.2. The van der Waals surface area contributed by atoms with Gasteiger partial charge < -0.3 is 4.48 Å². The first-order valence-electron chi connectivity index (χ1n) is 6.71. The summed E-state index contributed by atoms with van der Waals surface area (Å²) < 4.78 is 31.0. The lowest BCUT2D eigenvalue weighted by molar-refractivity contribution is -0.893. The molecular weight excluding hydrogens is 250 g/mol. The van der Waals surface area contributed by atoms with Crippen molar-refractivity contribution in [3.05, 3.63) is 12.2 Å². The lowest BCUT2D eigenvalue weighted by Crippen LogP contribution is -2.45. The fourth-order valence-corrected chi connectivity index (χ4v) is 4.00. The molecule has 1 fully saturated rings. The summed E-state index contributed by atoms with van der Waals surface area (Å²) in [6.07, 6.45) is 7.84. The van der Waals surface area contributed by atoms with Crippen LogP contribution in [-0.4, -0.2) is 50.4 Å². The summed E-state index contributed by atoms with van der Waals surface area (Å²) in [5.74, 6) is 2.17. The van der Waals surface area contributed by atoms with E-state index in [1.165, 1.54) is 12.8 Å². The summed E-state index contributed by atoms with van der Waals surface area (Å²) in [6, 6.07) is 0. The van der Waals surface area contributed by atoms with Crippen LogP contribution in [0.4, 0.5) is 0 Å². The van der Waals surface area contributed by atoms with E-state index in [1.54, 1.807) is 0 Å². The Morgan fingerprint density at radius 1 is 1.28 bits per heavy atom. The van der Waals surface area contributed by atoms with Gasteiger partial charge in [0.15, 0.2) is 0 Å². The Morgan fingerprint density at radius 2 is 2.00 bits per heavy atom. The van der Waals surface area contributed by atoms with Gasteiger partial charge in [0.1, 0.15) is 0 Å². The van der Waals surface area contributed by atoms with E-state index in [-0.39, 0.29) is 5.75 Å². The van der Waals surface area contributed by atoms with Crippen LogP contribution in [0.25, 0.3) is 0 Å². The first-order chi connectivity index (χ1) is 8.25. The van der Waals surface area contributed by atoms with Crippen LogP contribution >= 0.6 is 0 Å². The molecular formula is C13H24NO3S+. The van der Waals surface area contributed by atoms with Gasteiger partial charge in [-0.25, -0.2) is 0 Å². The maximum absolute atomic E-state index is 10.7. The standard InChI is InChI=1S/C13H23NO3S/c1-14(2,6-3-7-18(15,16)17)10-13-9-11-4-5-12(13)8-11/h4-5,11-13H,3,6-10H2,1-2H3/p+1/t11-,12+,13?/m1/s1. The number of hydrogen-bond donors (Lipinski definition) is 1. The molecule has 0 heterocycles. The van der Waals surface area contributed by atoms with Gasteiger partial charge in [-0.2, -0.15) is 8.42 Å². The van der Waals surface area contributed by atoms with E-state index < -0.39 is 10.1 Å². The Labute approximate surface area is 110 Å². The highest BCUT2D eigenvalue weighted by Crippen LogP contribution is 2.44. The summed E-state index contributed by atoms with van der Waals surface area (Å²) in [5.41, 5.74) is 0. The molecule has 5 heteroatoms. The maximum Gasteiger partial charge on any atom is 0.265 e. The Balaban J connectivity index is 1.79. The van der Waals surface area contributed by atoms with Gasteiger partial charge in [0.2, 0.25) is 0 Å². The minimum Gasteiger partial charge on any atom is -0.328 e. The predicted octanol–water partition coefficient (Wildman–Crippen LogP) is 1.55. The Morgan fingerprint density at radius 3 is 2.50 bits per heavy atom. The lowest BCUT2D eigenvalue weighted by Gasteiger charge is -2.34. The van der Waals surface area contributed by atoms with E-state index in [4.69, 9.17) is 4.55 Å². The van der Waals surface area contributed by atoms with Crippen LogP contribution in [0.1, 0.15) is 19.3 Å². The quantitative estimate of drug-likeness (QED) is 0.454. The van der Waals surface area contributed by atoms with Crippen molar-refractivity contribution in [1.29, 1.82) is 0 Å². The van der Waals surface area contributed by atoms with E-state index in [0.717, 1.165) is 35.3 Å². The summed E-state index contributed by atoms with van der Waals surface area (Å²) in [5, 5.41) is 0. The second-order valence-electron chi connectivity index (χ2n) is 6.52. The second-order valence-corrected chi connectivity index (χ2v) is 8.09. The van der Waals surface area contributed by atoms with E-state index in [9.17, 15) is 8.42 Å². The zero-order chi connectivity index (χ0) is 13.4. The van der Waals surface area contributed by atoms with Crippen molar-refractivity contribution < 1.29 is 17.5 Å². The molecule has 2 bridgehead atoms. The minimum atomic E-state index is -3.80. The zero-order valence-corrected chi connectivity index (χ0v) is 12.1. The van der Waals surface area contributed by atoms with Crippen molar-refractivity contribution in [2.24, 2.45) is 17.8 Å². The van der Waals surface area contributed by atoms with Crippen LogP contribution in [0.5, 0.6) is 0 Å². The fourth-order valence-electron chi connectivity index (χ4n) is 3.51. The Kier molecular flexibility index (Phi) is 3.85. The molecule has 0 amide bonds. The Bertz CT molecular complexity index is 428. The van der Waals surface area contributed by atoms with Crippen molar-refractivity contribution in [2.75, 3.05) is 32.9 Å². The van der Waals surface area contributed by atoms with Crippen LogP contribution in [0.3, 0.4) is 0 Å². The molecule has 0 aromatic carbocycles. The second kappa shape index (κ2) is 4.94. The predicted molar refractivity (Wildman–Crippen MR) is 71.7 cm³/mol. The third-order valence-corrected chi connectivity index (χ3v) is 5.12. The van der Waals surface area contributed by atoms with Gasteiger partial charge in [-0.05, 0) is 24.7 Å². The summed E-state index contributed by atoms with van der Waals surface area (Å²) >= 11 is 0. The van der Waals surface area contributed by atoms with Crippen molar-refractivity contribution in [3.63, 3.8) is 0 Å². The monoisotopic (exact) mass is 274 g/mol. The van der Waals surface area contributed by atoms with Crippen LogP contribution < -0.4 is 0 Å². The number of allylic oxidation sites excluding steroid dienone is 2. The summed E-state index contributed by atoms with van der Waals surface area (Å²) in [7, 11) is 0.502. The average Bonchev–Trinajstić information content (AvgIpc) is 2.75. The van der Waals surface area contributed by atoms with Gasteiger partial charge in [0.05, 0.1) is 32.9 Å². The Hall–Kier alpha value is -0.390. The van der Waals surface area contributed by atoms with E-state index >= 15 is 0 Å². The summed E-state index contributed by atoms with van der Waals surface area (Å²) in [6.45, 7) is 1.91. The van der Waals surface area contributed by atoms with E-state index in [1.807, 2.05) is 0 Å². The third kappa shape index (κ3) is 3.80. The molecule has 104 valence electrons. The first-order valence-corrected chi connectivity index (χ1v) is 8.32. The van der Waals surface area contributed by atoms with Crippen molar-refractivity contribution in [1.82, 2.24) is 0 Å². The summed E-state index contributed by atoms with van der Waals surface area (Å²) in [4.78, 5) is 0. The van der Waals surface area contributed by atoms with Crippen LogP contribution in [0, 0.1) is 17.8 Å². The molecule has 2 aliphatic rings. The largest absolute Gasteiger partial charge is 0.328 e. The molecule has 1 unspecified atom stereocenters. The average molecular weight is 274 g/mol. The number of nitrogens with zero attached hydrogens (tertiary/aromatic N) is 1. The highest BCUT2D eigenvalue weighted by molar-refractivity contribution is 7.85. The number of fused-ring (bicyclic) bond motifs is 2. The molecule has 3 atom stereocenters. The molecule has 2 rings (SSSR count). The molecule has 1 saturated carbocycles. The van der Waals surface area contributed by atoms with Crippen molar-refractivity contribution >= 4 is 10.1 Å². The topological polar surface area (TPSA) is 54.4 Å². The molecule has 0 saturated heterocycles. The van der Waals surface area contributed by atoms with Gasteiger partial charge in [-0.1, -0.05) is 12.2 Å². The molecule has 18 heavy (non-hydrogen) atoms. The van der Waals surface area contributed by atoms with Gasteiger partial charge in [0.25, 0.3) is 10.1 Å². The number of quaternary nitrogens is 1. The van der Waals surface area contributed by atoms with Crippen LogP contribution in [0.2, 0.25) is 0 Å². The normalized spacial score (nSPS) is 31.2. The van der Waals surface area contributed by atoms with E-state index in [0.29, 0.717) is 6.42 Å². The molecule has 0 aliphatic heterocycles. The zero-order valence-electron chi connectivity index (χ0n) is 11.2. The molecule has 0 spiro atoms. The van der Waals surface area contributed by atoms with E-state index in [2.05, 4.69) is 26.2 Å². The van der Waals surface area contributed by atoms with Gasteiger partial charge in [-0.3, -0.25) is 4.55 Å². The minimum absolute atomic E-state index is 0.120. The third-order valence-electron chi connectivity index (χ3n) is 4.31. The molecule has 0 radical (unpaired) electrons. The smallest absolute Gasteiger partial charge is 0.265 e. The number of rotatable bonds is 6. The van der Waals surface area contributed by atoms with Crippen molar-refractivity contribution in [2.45, 2.75) is 19.3 Å². The van der Waals surface area contributed by atoms with Gasteiger partial charge >= 0.3 is 0 Å². The molecule has 0 aromatic heterocycles. The molecule has 4 nitrogen and oxygen atoms in total. The van der Waals surface area contributed by atoms with Crippen LogP contribution in [0.15, 0.2) is 12.2 Å². The highest BCUT2D eigenvalue weighted by Gasteiger charge is 2.38. The van der Waals surface area contributed by atoms with Gasteiger partial charge in [0, 0.05) is 12.3 Å². The molecule has 2 aliphatic carbocycles. The maximum atomic E-state index is 10.7.